The van der Waals surface area contributed by atoms with Crippen LogP contribution in [0.5, 0.6) is 0 Å². The summed E-state index contributed by atoms with van der Waals surface area (Å²) in [6.07, 6.45) is 1.05. The van der Waals surface area contributed by atoms with Crippen LogP contribution in [0.25, 0.3) is 0 Å². The van der Waals surface area contributed by atoms with E-state index >= 15 is 0 Å². The van der Waals surface area contributed by atoms with Gasteiger partial charge in [-0.3, -0.25) is 4.79 Å². The highest BCUT2D eigenvalue weighted by molar-refractivity contribution is 5.85. The quantitative estimate of drug-likeness (QED) is 0.524. The van der Waals surface area contributed by atoms with E-state index in [1.165, 1.54) is 24.3 Å². The monoisotopic (exact) mass is 391 g/mol. The summed E-state index contributed by atoms with van der Waals surface area (Å²) in [5.41, 5.74) is 2.79. The van der Waals surface area contributed by atoms with E-state index in [1.54, 1.807) is 24.3 Å². The summed E-state index contributed by atoms with van der Waals surface area (Å²) < 4.78 is 27.1. The average Bonchev–Trinajstić information content (AvgIpc) is 2.75. The molecule has 0 spiro atoms. The van der Waals surface area contributed by atoms with Gasteiger partial charge in [0.05, 0.1) is 12.1 Å². The van der Waals surface area contributed by atoms with Gasteiger partial charge in [0.2, 0.25) is 0 Å². The van der Waals surface area contributed by atoms with Crippen molar-refractivity contribution in [2.24, 2.45) is 5.92 Å². The summed E-state index contributed by atoms with van der Waals surface area (Å²) in [6, 6.07) is 22.3. The fraction of sp³-hybridized carbons (Fsp3) is 0.240. The molecular formula is C25H23F2NO. The molecule has 1 saturated heterocycles. The number of piperidine rings is 1. The lowest BCUT2D eigenvalue weighted by Crippen LogP contribution is -2.45. The average molecular weight is 391 g/mol. The Labute approximate surface area is 169 Å². The van der Waals surface area contributed by atoms with Crippen molar-refractivity contribution in [2.45, 2.75) is 31.8 Å². The number of hydrogen-bond acceptors (Lipinski definition) is 2. The maximum atomic E-state index is 13.6. The highest BCUT2D eigenvalue weighted by Crippen LogP contribution is 2.47. The Morgan fingerprint density at radius 3 is 1.93 bits per heavy atom. The van der Waals surface area contributed by atoms with Gasteiger partial charge >= 0.3 is 0 Å². The van der Waals surface area contributed by atoms with Crippen molar-refractivity contribution in [3.8, 4) is 0 Å². The molecule has 148 valence electrons. The van der Waals surface area contributed by atoms with Gasteiger partial charge in [0, 0.05) is 18.0 Å². The van der Waals surface area contributed by atoms with Gasteiger partial charge in [0.15, 0.2) is 0 Å². The molecule has 0 radical (unpaired) electrons. The summed E-state index contributed by atoms with van der Waals surface area (Å²) in [6.45, 7) is 2.01. The first kappa shape index (κ1) is 19.3. The maximum Gasteiger partial charge on any atom is 0.140 e. The Kier molecular flexibility index (Phi) is 5.43. The number of hydrogen-bond donors (Lipinski definition) is 0. The molecule has 0 aliphatic carbocycles. The van der Waals surface area contributed by atoms with Gasteiger partial charge in [0.25, 0.3) is 0 Å². The van der Waals surface area contributed by atoms with Gasteiger partial charge in [0.1, 0.15) is 17.4 Å². The molecule has 1 aliphatic rings. The molecule has 0 bridgehead atoms. The van der Waals surface area contributed by atoms with E-state index in [1.807, 2.05) is 37.3 Å². The molecule has 0 saturated carbocycles. The van der Waals surface area contributed by atoms with Crippen LogP contribution in [0.15, 0.2) is 78.9 Å². The minimum atomic E-state index is -0.302. The Morgan fingerprint density at radius 1 is 0.828 bits per heavy atom. The van der Waals surface area contributed by atoms with E-state index in [0.29, 0.717) is 12.8 Å². The number of halogens is 2. The zero-order valence-electron chi connectivity index (χ0n) is 16.3. The second-order valence-electron chi connectivity index (χ2n) is 7.49. The van der Waals surface area contributed by atoms with E-state index in [4.69, 9.17) is 0 Å². The van der Waals surface area contributed by atoms with Crippen LogP contribution >= 0.6 is 0 Å². The first-order valence-corrected chi connectivity index (χ1v) is 9.95. The van der Waals surface area contributed by atoms with Crippen LogP contribution in [-0.4, -0.2) is 5.78 Å². The highest BCUT2D eigenvalue weighted by Gasteiger charge is 2.42. The maximum absolute atomic E-state index is 13.6. The van der Waals surface area contributed by atoms with E-state index in [9.17, 15) is 13.6 Å². The molecule has 1 aliphatic heterocycles. The number of rotatable bonds is 4. The topological polar surface area (TPSA) is 20.3 Å². The number of para-hydroxylation sites is 1. The van der Waals surface area contributed by atoms with Crippen LogP contribution in [-0.2, 0) is 4.79 Å². The minimum Gasteiger partial charge on any atom is -0.356 e. The van der Waals surface area contributed by atoms with Crippen molar-refractivity contribution in [1.82, 2.24) is 0 Å². The standard InChI is InChI=1S/C25H23F2NO/c1-2-22-24(29)16-23(17-8-12-19(26)13-9-17)28(21-6-4-3-5-7-21)25(22)18-10-14-20(27)15-11-18/h3-15,22-23,25H,2,16H2,1H3/t22-,23+,25+/m0/s1. The summed E-state index contributed by atoms with van der Waals surface area (Å²) >= 11 is 0. The molecule has 1 heterocycles. The van der Waals surface area contributed by atoms with Crippen LogP contribution in [0, 0.1) is 17.6 Å². The Hall–Kier alpha value is -3.01. The highest BCUT2D eigenvalue weighted by atomic mass is 19.1. The molecule has 2 nitrogen and oxygen atoms in total. The zero-order chi connectivity index (χ0) is 20.4. The van der Waals surface area contributed by atoms with Crippen molar-refractivity contribution < 1.29 is 13.6 Å². The van der Waals surface area contributed by atoms with Gasteiger partial charge in [-0.05, 0) is 53.9 Å². The van der Waals surface area contributed by atoms with Gasteiger partial charge in [-0.25, -0.2) is 8.78 Å². The molecule has 0 aromatic heterocycles. The van der Waals surface area contributed by atoms with Crippen molar-refractivity contribution in [2.75, 3.05) is 4.90 Å². The van der Waals surface area contributed by atoms with Crippen molar-refractivity contribution >= 4 is 11.5 Å². The van der Waals surface area contributed by atoms with Crippen LogP contribution in [0.1, 0.15) is 43.0 Å². The van der Waals surface area contributed by atoms with Crippen LogP contribution in [0.2, 0.25) is 0 Å². The summed E-state index contributed by atoms with van der Waals surface area (Å²) in [5, 5.41) is 0. The Balaban J connectivity index is 1.88. The predicted octanol–water partition coefficient (Wildman–Crippen LogP) is 6.25. The van der Waals surface area contributed by atoms with Crippen LogP contribution < -0.4 is 4.90 Å². The molecule has 0 unspecified atom stereocenters. The predicted molar refractivity (Wildman–Crippen MR) is 111 cm³/mol. The molecule has 0 N–H and O–H groups in total. The normalized spacial score (nSPS) is 22.0. The van der Waals surface area contributed by atoms with Gasteiger partial charge in [-0.15, -0.1) is 0 Å². The lowest BCUT2D eigenvalue weighted by molar-refractivity contribution is -0.125. The molecule has 4 heteroatoms. The first-order chi connectivity index (χ1) is 14.1. The number of nitrogens with zero attached hydrogens (tertiary/aromatic N) is 1. The van der Waals surface area contributed by atoms with Gasteiger partial charge in [-0.2, -0.15) is 0 Å². The summed E-state index contributed by atoms with van der Waals surface area (Å²) in [7, 11) is 0. The number of ketones is 1. The zero-order valence-corrected chi connectivity index (χ0v) is 16.3. The molecule has 0 amide bonds. The SMILES string of the molecule is CC[C@H]1C(=O)C[C@H](c2ccc(F)cc2)N(c2ccccc2)[C@@H]1c1ccc(F)cc1. The summed E-state index contributed by atoms with van der Waals surface area (Å²) in [5.74, 6) is -0.616. The fourth-order valence-corrected chi connectivity index (χ4v) is 4.41. The molecule has 1 fully saturated rings. The fourth-order valence-electron chi connectivity index (χ4n) is 4.41. The molecule has 3 aromatic carbocycles. The third kappa shape index (κ3) is 3.80. The Bertz CT molecular complexity index is 970. The second kappa shape index (κ2) is 8.16. The number of carbonyl (C=O) groups excluding carboxylic acids is 1. The third-order valence-corrected chi connectivity index (χ3v) is 5.79. The lowest BCUT2D eigenvalue weighted by atomic mass is 9.77. The van der Waals surface area contributed by atoms with Crippen LogP contribution in [0.4, 0.5) is 14.5 Å². The van der Waals surface area contributed by atoms with Crippen molar-refractivity contribution in [3.05, 3.63) is 102 Å². The van der Waals surface area contributed by atoms with E-state index in [0.717, 1.165) is 16.8 Å². The third-order valence-electron chi connectivity index (χ3n) is 5.79. The lowest BCUT2D eigenvalue weighted by Gasteiger charge is -2.47. The number of Topliss-reactive ketones (excluding diaryl/α,β-unsaturated/α-hetero) is 1. The van der Waals surface area contributed by atoms with Crippen molar-refractivity contribution in [3.63, 3.8) is 0 Å². The largest absolute Gasteiger partial charge is 0.356 e. The molecule has 4 rings (SSSR count). The summed E-state index contributed by atoms with van der Waals surface area (Å²) in [4.78, 5) is 15.4. The number of anilines is 1. The van der Waals surface area contributed by atoms with E-state index < -0.39 is 0 Å². The smallest absolute Gasteiger partial charge is 0.140 e. The second-order valence-corrected chi connectivity index (χ2v) is 7.49. The molecular weight excluding hydrogens is 368 g/mol. The Morgan fingerprint density at radius 2 is 1.38 bits per heavy atom. The van der Waals surface area contributed by atoms with Crippen molar-refractivity contribution in [1.29, 1.82) is 0 Å². The minimum absolute atomic E-state index is 0.184. The van der Waals surface area contributed by atoms with Gasteiger partial charge < -0.3 is 4.90 Å². The molecule has 29 heavy (non-hydrogen) atoms. The number of carbonyl (C=O) groups is 1. The molecule has 3 atom stereocenters. The van der Waals surface area contributed by atoms with E-state index in [2.05, 4.69) is 4.90 Å². The van der Waals surface area contributed by atoms with Crippen LogP contribution in [0.3, 0.4) is 0 Å². The molecule has 3 aromatic rings. The van der Waals surface area contributed by atoms with Gasteiger partial charge in [-0.1, -0.05) is 49.4 Å². The van der Waals surface area contributed by atoms with E-state index in [-0.39, 0.29) is 35.4 Å². The first-order valence-electron chi connectivity index (χ1n) is 9.95. The number of benzene rings is 3.